The highest BCUT2D eigenvalue weighted by Gasteiger charge is 2.53. The van der Waals surface area contributed by atoms with Gasteiger partial charge >= 0.3 is 8.32 Å². The molecule has 5 aromatic carbocycles. The Hall–Kier alpha value is -4.59. The van der Waals surface area contributed by atoms with Gasteiger partial charge < -0.3 is 9.33 Å². The monoisotopic (exact) mass is 640 g/mol. The molecule has 0 spiro atoms. The summed E-state index contributed by atoms with van der Waals surface area (Å²) in [6, 6.07) is 37.3. The van der Waals surface area contributed by atoms with Crippen molar-refractivity contribution in [2.45, 2.75) is 42.5 Å². The van der Waals surface area contributed by atoms with Crippen molar-refractivity contribution in [3.63, 3.8) is 0 Å². The molecule has 0 saturated heterocycles. The fourth-order valence-corrected chi connectivity index (χ4v) is 12.7. The minimum Gasteiger partial charge on any atom is -0.534 e. The van der Waals surface area contributed by atoms with Gasteiger partial charge in [-0.15, -0.1) is 0 Å². The van der Waals surface area contributed by atoms with Crippen molar-refractivity contribution in [2.75, 3.05) is 19.0 Å². The predicted molar refractivity (Wildman–Crippen MR) is 190 cm³/mol. The van der Waals surface area contributed by atoms with Gasteiger partial charge in [-0.1, -0.05) is 117 Å². The molecule has 46 heavy (non-hydrogen) atoms. The summed E-state index contributed by atoms with van der Waals surface area (Å²) in [5.74, 6) is 0.0300. The van der Waals surface area contributed by atoms with E-state index in [9.17, 15) is 9.59 Å². The maximum Gasteiger partial charge on any atom is 0.319 e. The number of fused-ring (bicyclic) bond motifs is 3. The average molecular weight is 641 g/mol. The summed E-state index contributed by atoms with van der Waals surface area (Å²) in [6.45, 7) is 8.75. The topological polar surface area (TPSA) is 49.9 Å². The Morgan fingerprint density at radius 2 is 1.24 bits per heavy atom. The lowest BCUT2D eigenvalue weighted by atomic mass is 9.91. The molecular formula is C39H36N2O3SSi. The molecule has 2 heterocycles. The van der Waals surface area contributed by atoms with E-state index in [4.69, 9.17) is 4.43 Å². The van der Waals surface area contributed by atoms with Crippen LogP contribution in [0.4, 0.5) is 11.4 Å². The summed E-state index contributed by atoms with van der Waals surface area (Å²) in [7, 11) is 0.590. The highest BCUT2D eigenvalue weighted by Crippen LogP contribution is 2.53. The van der Waals surface area contributed by atoms with Gasteiger partial charge in [0.1, 0.15) is 5.75 Å². The highest BCUT2D eigenvalue weighted by atomic mass is 32.2. The van der Waals surface area contributed by atoms with E-state index in [1.807, 2.05) is 43.3 Å². The van der Waals surface area contributed by atoms with Crippen molar-refractivity contribution in [1.29, 1.82) is 0 Å². The van der Waals surface area contributed by atoms with E-state index in [1.165, 1.54) is 4.90 Å². The molecule has 0 fully saturated rings. The van der Waals surface area contributed by atoms with Gasteiger partial charge in [0.2, 0.25) is 0 Å². The van der Waals surface area contributed by atoms with E-state index in [0.29, 0.717) is 16.9 Å². The third-order valence-electron chi connectivity index (χ3n) is 9.34. The Morgan fingerprint density at radius 1 is 0.652 bits per heavy atom. The van der Waals surface area contributed by atoms with Crippen LogP contribution in [-0.4, -0.2) is 39.1 Å². The lowest BCUT2D eigenvalue weighted by Crippen LogP contribution is -2.68. The molecule has 7 rings (SSSR count). The Balaban J connectivity index is 1.51. The molecule has 2 aliphatic rings. The first kappa shape index (κ1) is 30.1. The van der Waals surface area contributed by atoms with Gasteiger partial charge in [0, 0.05) is 29.4 Å². The summed E-state index contributed by atoms with van der Waals surface area (Å²) in [4.78, 5) is 33.2. The number of hydrogen-bond donors (Lipinski definition) is 0. The van der Waals surface area contributed by atoms with Crippen LogP contribution in [0.25, 0.3) is 11.1 Å². The van der Waals surface area contributed by atoms with Crippen molar-refractivity contribution >= 4 is 53.6 Å². The van der Waals surface area contributed by atoms with Gasteiger partial charge in [-0.05, 0) is 57.7 Å². The van der Waals surface area contributed by atoms with E-state index in [1.54, 1.807) is 18.8 Å². The maximum atomic E-state index is 13.8. The Bertz CT molecular complexity index is 1980. The first-order valence-electron chi connectivity index (χ1n) is 15.5. The molecular weight excluding hydrogens is 605 g/mol. The molecule has 0 bridgehead atoms. The van der Waals surface area contributed by atoms with Crippen LogP contribution >= 0.6 is 11.8 Å². The van der Waals surface area contributed by atoms with E-state index >= 15 is 0 Å². The molecule has 0 N–H and O–H groups in total. The van der Waals surface area contributed by atoms with Crippen LogP contribution in [0, 0.1) is 6.92 Å². The quantitative estimate of drug-likeness (QED) is 0.144. The maximum absolute atomic E-state index is 13.8. The molecule has 5 nitrogen and oxygen atoms in total. The van der Waals surface area contributed by atoms with Gasteiger partial charge in [-0.25, -0.2) is 0 Å². The third-order valence-corrected chi connectivity index (χ3v) is 15.5. The van der Waals surface area contributed by atoms with Gasteiger partial charge in [-0.2, -0.15) is 0 Å². The van der Waals surface area contributed by atoms with Crippen LogP contribution in [0.1, 0.15) is 47.1 Å². The molecule has 0 unspecified atom stereocenters. The highest BCUT2D eigenvalue weighted by molar-refractivity contribution is 8.00. The number of anilines is 2. The van der Waals surface area contributed by atoms with Crippen LogP contribution in [0.3, 0.4) is 0 Å². The summed E-state index contributed by atoms with van der Waals surface area (Å²) in [6.07, 6.45) is 0. The number of carbonyl (C=O) groups excluding carboxylic acids is 2. The van der Waals surface area contributed by atoms with Crippen molar-refractivity contribution in [3.8, 4) is 16.9 Å². The number of rotatable bonds is 5. The van der Waals surface area contributed by atoms with Crippen molar-refractivity contribution in [1.82, 2.24) is 4.90 Å². The molecule has 0 aromatic heterocycles. The summed E-state index contributed by atoms with van der Waals surface area (Å²) >= 11 is 1.70. The third kappa shape index (κ3) is 4.44. The largest absolute Gasteiger partial charge is 0.534 e. The second-order valence-corrected chi connectivity index (χ2v) is 18.3. The normalized spacial score (nSPS) is 14.2. The zero-order chi connectivity index (χ0) is 32.4. The standard InChI is InChI=1S/C39H36N2O3SSi/c1-25-32(44-46(39(2,3)4,26-16-9-7-10-17-26)27-18-11-8-12-19-27)24-29-35(38(43)41(6)37(29)42)34(25)28-20-15-22-31-36(28)45-33-23-14-13-21-30(33)40(31)5/h7-24H,1-6H3. The van der Waals surface area contributed by atoms with Crippen molar-refractivity contribution in [3.05, 3.63) is 126 Å². The Kier molecular flexibility index (Phi) is 7.22. The Labute approximate surface area is 276 Å². The smallest absolute Gasteiger partial charge is 0.319 e. The van der Waals surface area contributed by atoms with Gasteiger partial charge in [0.15, 0.2) is 0 Å². The zero-order valence-corrected chi connectivity index (χ0v) is 28.7. The molecule has 2 aliphatic heterocycles. The van der Waals surface area contributed by atoms with Crippen molar-refractivity contribution in [2.24, 2.45) is 0 Å². The molecule has 230 valence electrons. The number of amides is 2. The van der Waals surface area contributed by atoms with Crippen LogP contribution in [-0.2, 0) is 0 Å². The average Bonchev–Trinajstić information content (AvgIpc) is 3.27. The van der Waals surface area contributed by atoms with Gasteiger partial charge in [-0.3, -0.25) is 14.5 Å². The lowest BCUT2D eigenvalue weighted by molar-refractivity contribution is 0.0693. The summed E-state index contributed by atoms with van der Waals surface area (Å²) in [5, 5.41) is 1.99. The summed E-state index contributed by atoms with van der Waals surface area (Å²) in [5.41, 5.74) is 5.53. The number of nitrogens with zero attached hydrogens (tertiary/aromatic N) is 2. The molecule has 7 heteroatoms. The molecule has 0 radical (unpaired) electrons. The molecule has 2 amide bonds. The second-order valence-electron chi connectivity index (χ2n) is 13.0. The van der Waals surface area contributed by atoms with E-state index in [-0.39, 0.29) is 16.9 Å². The van der Waals surface area contributed by atoms with E-state index in [0.717, 1.165) is 48.2 Å². The number of imide groups is 1. The number of carbonyl (C=O) groups is 2. The van der Waals surface area contributed by atoms with Crippen LogP contribution < -0.4 is 19.7 Å². The number of benzene rings is 5. The SMILES string of the molecule is Cc1c(O[Si](c2ccccc2)(c2ccccc2)C(C)(C)C)cc2c(c1-c1cccc3c1Sc1ccccc1N3C)C(=O)N(C)C2=O. The molecule has 5 aromatic rings. The van der Waals surface area contributed by atoms with Crippen molar-refractivity contribution < 1.29 is 14.0 Å². The predicted octanol–water partition coefficient (Wildman–Crippen LogP) is 8.06. The van der Waals surface area contributed by atoms with Crippen LogP contribution in [0.2, 0.25) is 5.04 Å². The molecule has 0 aliphatic carbocycles. The molecule has 0 saturated carbocycles. The number of para-hydroxylation sites is 1. The van der Waals surface area contributed by atoms with Crippen LogP contribution in [0.5, 0.6) is 5.75 Å². The summed E-state index contributed by atoms with van der Waals surface area (Å²) < 4.78 is 7.54. The zero-order valence-electron chi connectivity index (χ0n) is 26.9. The fraction of sp³-hybridized carbons (Fsp3) is 0.179. The minimum atomic E-state index is -3.04. The van der Waals surface area contributed by atoms with E-state index in [2.05, 4.69) is 106 Å². The fourth-order valence-electron chi connectivity index (χ4n) is 7.00. The second kappa shape index (κ2) is 11.0. The lowest BCUT2D eigenvalue weighted by Gasteiger charge is -2.43. The first-order valence-corrected chi connectivity index (χ1v) is 18.2. The molecule has 0 atom stereocenters. The van der Waals surface area contributed by atoms with Gasteiger partial charge in [0.25, 0.3) is 11.8 Å². The first-order chi connectivity index (χ1) is 22.0. The van der Waals surface area contributed by atoms with E-state index < -0.39 is 8.32 Å². The van der Waals surface area contributed by atoms with Crippen LogP contribution in [0.15, 0.2) is 119 Å². The minimum absolute atomic E-state index is 0.286. The number of hydrogen-bond acceptors (Lipinski definition) is 5. The van der Waals surface area contributed by atoms with Gasteiger partial charge in [0.05, 0.1) is 22.5 Å². The Morgan fingerprint density at radius 3 is 1.87 bits per heavy atom.